The molecule has 0 bridgehead atoms. The second-order valence-corrected chi connectivity index (χ2v) is 4.75. The van der Waals surface area contributed by atoms with Gasteiger partial charge in [-0.2, -0.15) is 0 Å². The zero-order valence-electron chi connectivity index (χ0n) is 8.71. The molecule has 0 spiro atoms. The normalized spacial score (nSPS) is 12.8. The van der Waals surface area contributed by atoms with E-state index in [2.05, 4.69) is 22.6 Å². The van der Waals surface area contributed by atoms with Gasteiger partial charge in [0, 0.05) is 3.57 Å². The number of furan rings is 1. The Labute approximate surface area is 107 Å². The number of hydrogen-bond donors (Lipinski definition) is 1. The van der Waals surface area contributed by atoms with Crippen molar-refractivity contribution in [3.05, 3.63) is 56.8 Å². The first-order valence-corrected chi connectivity index (χ1v) is 5.92. The topological polar surface area (TPSA) is 39.2 Å². The SMILES string of the molecule is Cc1ccc(C(N)c2ccc(F)cc2I)o1. The molecule has 0 saturated heterocycles. The van der Waals surface area contributed by atoms with Crippen LogP contribution < -0.4 is 5.73 Å². The lowest BCUT2D eigenvalue weighted by Gasteiger charge is -2.11. The van der Waals surface area contributed by atoms with E-state index in [0.29, 0.717) is 5.76 Å². The zero-order valence-corrected chi connectivity index (χ0v) is 10.9. The molecule has 1 heterocycles. The molecule has 84 valence electrons. The predicted molar refractivity (Wildman–Crippen MR) is 68.6 cm³/mol. The van der Waals surface area contributed by atoms with E-state index in [1.807, 2.05) is 19.1 Å². The van der Waals surface area contributed by atoms with Crippen LogP contribution >= 0.6 is 22.6 Å². The van der Waals surface area contributed by atoms with Gasteiger partial charge in [0.25, 0.3) is 0 Å². The lowest BCUT2D eigenvalue weighted by molar-refractivity contribution is 0.465. The number of halogens is 2. The molecule has 1 atom stereocenters. The zero-order chi connectivity index (χ0) is 11.7. The maximum Gasteiger partial charge on any atom is 0.125 e. The highest BCUT2D eigenvalue weighted by Crippen LogP contribution is 2.26. The highest BCUT2D eigenvalue weighted by atomic mass is 127. The molecule has 2 nitrogen and oxygen atoms in total. The van der Waals surface area contributed by atoms with E-state index in [4.69, 9.17) is 10.2 Å². The predicted octanol–water partition coefficient (Wildman–Crippen LogP) is 3.38. The molecular formula is C12H11FINO. The van der Waals surface area contributed by atoms with Crippen LogP contribution in [0.15, 0.2) is 34.7 Å². The standard InChI is InChI=1S/C12H11FINO/c1-7-2-5-11(16-7)12(15)9-4-3-8(13)6-10(9)14/h2-6,12H,15H2,1H3. The van der Waals surface area contributed by atoms with Gasteiger partial charge in [0.2, 0.25) is 0 Å². The highest BCUT2D eigenvalue weighted by molar-refractivity contribution is 14.1. The van der Waals surface area contributed by atoms with Gasteiger partial charge in [-0.1, -0.05) is 6.07 Å². The Bertz CT molecular complexity index is 509. The van der Waals surface area contributed by atoms with Crippen LogP contribution in [-0.4, -0.2) is 0 Å². The number of benzene rings is 1. The molecule has 1 aromatic heterocycles. The first-order chi connectivity index (χ1) is 7.58. The molecule has 2 aromatic rings. The van der Waals surface area contributed by atoms with Gasteiger partial charge in [-0.05, 0) is 59.3 Å². The van der Waals surface area contributed by atoms with Gasteiger partial charge in [0.05, 0.1) is 6.04 Å². The van der Waals surface area contributed by atoms with Gasteiger partial charge in [-0.25, -0.2) is 4.39 Å². The summed E-state index contributed by atoms with van der Waals surface area (Å²) >= 11 is 2.07. The number of nitrogens with two attached hydrogens (primary N) is 1. The summed E-state index contributed by atoms with van der Waals surface area (Å²) in [5.41, 5.74) is 6.93. The smallest absolute Gasteiger partial charge is 0.125 e. The third-order valence-corrected chi connectivity index (χ3v) is 3.30. The lowest BCUT2D eigenvalue weighted by Crippen LogP contribution is -2.12. The van der Waals surface area contributed by atoms with Gasteiger partial charge >= 0.3 is 0 Å². The highest BCUT2D eigenvalue weighted by Gasteiger charge is 2.15. The second-order valence-electron chi connectivity index (χ2n) is 3.59. The summed E-state index contributed by atoms with van der Waals surface area (Å²) < 4.78 is 19.2. The summed E-state index contributed by atoms with van der Waals surface area (Å²) in [5, 5.41) is 0. The summed E-state index contributed by atoms with van der Waals surface area (Å²) in [6.07, 6.45) is 0. The van der Waals surface area contributed by atoms with Crippen molar-refractivity contribution in [3.8, 4) is 0 Å². The minimum Gasteiger partial charge on any atom is -0.464 e. The second kappa shape index (κ2) is 4.55. The Hall–Kier alpha value is -0.880. The average molecular weight is 331 g/mol. The quantitative estimate of drug-likeness (QED) is 0.857. The van der Waals surface area contributed by atoms with Crippen LogP contribution in [0.25, 0.3) is 0 Å². The van der Waals surface area contributed by atoms with Crippen molar-refractivity contribution < 1.29 is 8.81 Å². The Balaban J connectivity index is 2.37. The summed E-state index contributed by atoms with van der Waals surface area (Å²) in [5.74, 6) is 1.26. The van der Waals surface area contributed by atoms with Crippen molar-refractivity contribution in [2.75, 3.05) is 0 Å². The molecule has 4 heteroatoms. The van der Waals surface area contributed by atoms with Gasteiger partial charge in [-0.15, -0.1) is 0 Å². The Kier molecular flexibility index (Phi) is 3.30. The summed E-state index contributed by atoms with van der Waals surface area (Å²) in [6.45, 7) is 1.87. The third kappa shape index (κ3) is 2.27. The summed E-state index contributed by atoms with van der Waals surface area (Å²) in [6, 6.07) is 7.93. The van der Waals surface area contributed by atoms with Crippen LogP contribution in [0.4, 0.5) is 4.39 Å². The van der Waals surface area contributed by atoms with E-state index in [9.17, 15) is 4.39 Å². The molecule has 0 fully saturated rings. The van der Waals surface area contributed by atoms with E-state index in [1.54, 1.807) is 6.07 Å². The van der Waals surface area contributed by atoms with E-state index in [-0.39, 0.29) is 11.9 Å². The number of hydrogen-bond acceptors (Lipinski definition) is 2. The van der Waals surface area contributed by atoms with E-state index in [0.717, 1.165) is 14.9 Å². The fraction of sp³-hybridized carbons (Fsp3) is 0.167. The van der Waals surface area contributed by atoms with Crippen LogP contribution in [0.2, 0.25) is 0 Å². The average Bonchev–Trinajstić information content (AvgIpc) is 2.64. The molecule has 0 aliphatic heterocycles. The van der Waals surface area contributed by atoms with Crippen LogP contribution in [0.3, 0.4) is 0 Å². The molecule has 0 radical (unpaired) electrons. The number of rotatable bonds is 2. The third-order valence-electron chi connectivity index (χ3n) is 2.37. The minimum atomic E-state index is -0.346. The minimum absolute atomic E-state index is 0.254. The fourth-order valence-electron chi connectivity index (χ4n) is 1.53. The van der Waals surface area contributed by atoms with Crippen molar-refractivity contribution in [2.24, 2.45) is 5.73 Å². The van der Waals surface area contributed by atoms with Crippen LogP contribution in [0, 0.1) is 16.3 Å². The molecule has 1 aromatic carbocycles. The van der Waals surface area contributed by atoms with E-state index >= 15 is 0 Å². The van der Waals surface area contributed by atoms with Gasteiger partial charge < -0.3 is 10.2 Å². The van der Waals surface area contributed by atoms with E-state index < -0.39 is 0 Å². The first kappa shape index (κ1) is 11.6. The van der Waals surface area contributed by atoms with Gasteiger partial charge in [0.1, 0.15) is 17.3 Å². The maximum atomic E-state index is 12.9. The van der Waals surface area contributed by atoms with Crippen LogP contribution in [0.5, 0.6) is 0 Å². The van der Waals surface area contributed by atoms with Gasteiger partial charge in [-0.3, -0.25) is 0 Å². The monoisotopic (exact) mass is 331 g/mol. The largest absolute Gasteiger partial charge is 0.464 e. The Morgan fingerprint density at radius 1 is 1.31 bits per heavy atom. The molecule has 0 amide bonds. The Morgan fingerprint density at radius 2 is 2.06 bits per heavy atom. The molecule has 1 unspecified atom stereocenters. The lowest BCUT2D eigenvalue weighted by atomic mass is 10.1. The van der Waals surface area contributed by atoms with Crippen molar-refractivity contribution >= 4 is 22.6 Å². The fourth-order valence-corrected chi connectivity index (χ4v) is 2.34. The molecule has 2 rings (SSSR count). The molecule has 0 aliphatic rings. The molecule has 0 aliphatic carbocycles. The maximum absolute atomic E-state index is 12.9. The van der Waals surface area contributed by atoms with Crippen molar-refractivity contribution in [3.63, 3.8) is 0 Å². The molecular weight excluding hydrogens is 320 g/mol. The van der Waals surface area contributed by atoms with E-state index in [1.165, 1.54) is 12.1 Å². The number of aryl methyl sites for hydroxylation is 1. The molecule has 2 N–H and O–H groups in total. The van der Waals surface area contributed by atoms with Crippen molar-refractivity contribution in [1.29, 1.82) is 0 Å². The molecule has 0 saturated carbocycles. The van der Waals surface area contributed by atoms with Crippen LogP contribution in [0.1, 0.15) is 23.1 Å². The molecule has 16 heavy (non-hydrogen) atoms. The summed E-state index contributed by atoms with van der Waals surface area (Å²) in [4.78, 5) is 0. The Morgan fingerprint density at radius 3 is 2.62 bits per heavy atom. The first-order valence-electron chi connectivity index (χ1n) is 4.85. The van der Waals surface area contributed by atoms with Gasteiger partial charge in [0.15, 0.2) is 0 Å². The van der Waals surface area contributed by atoms with Crippen LogP contribution in [-0.2, 0) is 0 Å². The summed E-state index contributed by atoms with van der Waals surface area (Å²) in [7, 11) is 0. The van der Waals surface area contributed by atoms with Crippen molar-refractivity contribution in [1.82, 2.24) is 0 Å². The van der Waals surface area contributed by atoms with Crippen molar-refractivity contribution in [2.45, 2.75) is 13.0 Å².